The lowest BCUT2D eigenvalue weighted by atomic mass is 10.1. The Labute approximate surface area is 87.5 Å². The lowest BCUT2D eigenvalue weighted by molar-refractivity contribution is 0.628. The molecule has 2 rings (SSSR count). The molecule has 1 heterocycles. The molecule has 3 nitrogen and oxygen atoms in total. The van der Waals surface area contributed by atoms with E-state index in [-0.39, 0.29) is 5.82 Å². The quantitative estimate of drug-likeness (QED) is 0.815. The van der Waals surface area contributed by atoms with Gasteiger partial charge < -0.3 is 4.90 Å². The van der Waals surface area contributed by atoms with Gasteiger partial charge in [-0.2, -0.15) is 5.10 Å². The van der Waals surface area contributed by atoms with Crippen LogP contribution in [0.4, 0.5) is 10.1 Å². The molecule has 0 radical (unpaired) electrons. The topological polar surface area (TPSA) is 31.9 Å². The van der Waals surface area contributed by atoms with Crippen molar-refractivity contribution in [2.75, 3.05) is 19.0 Å². The monoisotopic (exact) mass is 205 g/mol. The molecule has 2 aromatic rings. The molecule has 15 heavy (non-hydrogen) atoms. The lowest BCUT2D eigenvalue weighted by Gasteiger charge is -2.16. The van der Waals surface area contributed by atoms with Gasteiger partial charge in [0.2, 0.25) is 0 Å². The summed E-state index contributed by atoms with van der Waals surface area (Å²) in [4.78, 5) is 1.88. The summed E-state index contributed by atoms with van der Waals surface area (Å²) in [5.41, 5.74) is 2.77. The Morgan fingerprint density at radius 3 is 2.73 bits per heavy atom. The minimum absolute atomic E-state index is 0.231. The van der Waals surface area contributed by atoms with Gasteiger partial charge in [0.15, 0.2) is 0 Å². The van der Waals surface area contributed by atoms with Gasteiger partial charge in [0.25, 0.3) is 0 Å². The molecule has 0 spiro atoms. The van der Waals surface area contributed by atoms with Crippen LogP contribution in [-0.2, 0) is 0 Å². The van der Waals surface area contributed by atoms with E-state index in [0.29, 0.717) is 0 Å². The molecule has 0 aliphatic heterocycles. The van der Waals surface area contributed by atoms with Crippen LogP contribution < -0.4 is 4.90 Å². The van der Waals surface area contributed by atoms with Gasteiger partial charge in [-0.3, -0.25) is 5.10 Å². The van der Waals surface area contributed by atoms with Crippen molar-refractivity contribution in [3.63, 3.8) is 0 Å². The zero-order chi connectivity index (χ0) is 10.8. The van der Waals surface area contributed by atoms with E-state index in [0.717, 1.165) is 16.8 Å². The Morgan fingerprint density at radius 1 is 1.33 bits per heavy atom. The molecule has 1 aromatic carbocycles. The number of aromatic amines is 1. The fraction of sp³-hybridized carbons (Fsp3) is 0.182. The van der Waals surface area contributed by atoms with Gasteiger partial charge in [-0.15, -0.1) is 0 Å². The van der Waals surface area contributed by atoms with E-state index in [1.807, 2.05) is 19.0 Å². The third-order valence-electron chi connectivity index (χ3n) is 2.25. The molecule has 1 N–H and O–H groups in total. The molecule has 0 atom stereocenters. The number of nitrogens with zero attached hydrogens (tertiary/aromatic N) is 2. The number of aromatic nitrogens is 2. The van der Waals surface area contributed by atoms with Crippen molar-refractivity contribution in [3.05, 3.63) is 36.4 Å². The van der Waals surface area contributed by atoms with Crippen molar-refractivity contribution < 1.29 is 4.39 Å². The van der Waals surface area contributed by atoms with Crippen LogP contribution in [0.2, 0.25) is 0 Å². The van der Waals surface area contributed by atoms with Crippen LogP contribution in [0.5, 0.6) is 0 Å². The highest BCUT2D eigenvalue weighted by Gasteiger charge is 2.08. The highest BCUT2D eigenvalue weighted by atomic mass is 19.1. The fourth-order valence-electron chi connectivity index (χ4n) is 1.52. The lowest BCUT2D eigenvalue weighted by Crippen LogP contribution is -2.10. The number of halogens is 1. The molecule has 0 aliphatic rings. The number of nitrogens with one attached hydrogen (secondary N) is 1. The average molecular weight is 205 g/mol. The normalized spacial score (nSPS) is 10.3. The van der Waals surface area contributed by atoms with E-state index in [1.165, 1.54) is 12.1 Å². The zero-order valence-electron chi connectivity index (χ0n) is 8.66. The molecule has 0 amide bonds. The second kappa shape index (κ2) is 3.73. The first kappa shape index (κ1) is 9.71. The van der Waals surface area contributed by atoms with Crippen LogP contribution in [0.15, 0.2) is 30.6 Å². The molecular formula is C11H12FN3. The Kier molecular flexibility index (Phi) is 2.41. The SMILES string of the molecule is CN(C)c1cc(F)ccc1-c1cn[nH]c1. The van der Waals surface area contributed by atoms with Gasteiger partial charge in [-0.25, -0.2) is 4.39 Å². The molecule has 78 valence electrons. The van der Waals surface area contributed by atoms with Crippen molar-refractivity contribution in [2.45, 2.75) is 0 Å². The summed E-state index contributed by atoms with van der Waals surface area (Å²) in [6.45, 7) is 0. The molecular weight excluding hydrogens is 193 g/mol. The maximum Gasteiger partial charge on any atom is 0.125 e. The standard InChI is InChI=1S/C11H12FN3/c1-15(2)11-5-9(12)3-4-10(11)8-6-13-14-7-8/h3-7H,1-2H3,(H,13,14). The molecule has 0 unspecified atom stereocenters. The fourth-order valence-corrected chi connectivity index (χ4v) is 1.52. The minimum atomic E-state index is -0.231. The Bertz CT molecular complexity index is 449. The molecule has 0 bridgehead atoms. The second-order valence-corrected chi connectivity index (χ2v) is 3.54. The Morgan fingerprint density at radius 2 is 2.13 bits per heavy atom. The second-order valence-electron chi connectivity index (χ2n) is 3.54. The minimum Gasteiger partial charge on any atom is -0.377 e. The van der Waals surface area contributed by atoms with Crippen LogP contribution in [0, 0.1) is 5.82 Å². The number of hydrogen-bond acceptors (Lipinski definition) is 2. The summed E-state index contributed by atoms with van der Waals surface area (Å²) in [6, 6.07) is 4.73. The first-order valence-corrected chi connectivity index (χ1v) is 4.64. The molecule has 4 heteroatoms. The largest absolute Gasteiger partial charge is 0.377 e. The molecule has 0 saturated carbocycles. The molecule has 0 fully saturated rings. The van der Waals surface area contributed by atoms with Gasteiger partial charge in [0, 0.05) is 37.1 Å². The van der Waals surface area contributed by atoms with Crippen molar-refractivity contribution in [3.8, 4) is 11.1 Å². The van der Waals surface area contributed by atoms with E-state index in [1.54, 1.807) is 18.5 Å². The van der Waals surface area contributed by atoms with Crippen molar-refractivity contribution in [1.82, 2.24) is 10.2 Å². The molecule has 0 saturated heterocycles. The number of anilines is 1. The van der Waals surface area contributed by atoms with Crippen molar-refractivity contribution >= 4 is 5.69 Å². The summed E-state index contributed by atoms with van der Waals surface area (Å²) in [6.07, 6.45) is 3.51. The van der Waals surface area contributed by atoms with Crippen LogP contribution in [0.3, 0.4) is 0 Å². The predicted molar refractivity (Wildman–Crippen MR) is 58.3 cm³/mol. The van der Waals surface area contributed by atoms with Crippen molar-refractivity contribution in [1.29, 1.82) is 0 Å². The smallest absolute Gasteiger partial charge is 0.125 e. The van der Waals surface area contributed by atoms with Gasteiger partial charge >= 0.3 is 0 Å². The third-order valence-corrected chi connectivity index (χ3v) is 2.25. The summed E-state index contributed by atoms with van der Waals surface area (Å²) in [7, 11) is 3.77. The van der Waals surface area contributed by atoms with Gasteiger partial charge in [0.1, 0.15) is 5.82 Å². The summed E-state index contributed by atoms with van der Waals surface area (Å²) in [5.74, 6) is -0.231. The van der Waals surface area contributed by atoms with Crippen LogP contribution in [0.25, 0.3) is 11.1 Å². The maximum absolute atomic E-state index is 13.1. The Balaban J connectivity index is 2.56. The molecule has 0 aliphatic carbocycles. The zero-order valence-corrected chi connectivity index (χ0v) is 8.66. The number of benzene rings is 1. The van der Waals surface area contributed by atoms with Gasteiger partial charge in [-0.1, -0.05) is 0 Å². The number of hydrogen-bond donors (Lipinski definition) is 1. The summed E-state index contributed by atoms with van der Waals surface area (Å²) < 4.78 is 13.1. The van der Waals surface area contributed by atoms with Gasteiger partial charge in [-0.05, 0) is 18.2 Å². The first-order chi connectivity index (χ1) is 7.18. The predicted octanol–water partition coefficient (Wildman–Crippen LogP) is 2.28. The third kappa shape index (κ3) is 1.83. The number of rotatable bonds is 2. The van der Waals surface area contributed by atoms with E-state index in [9.17, 15) is 4.39 Å². The van der Waals surface area contributed by atoms with E-state index >= 15 is 0 Å². The summed E-state index contributed by atoms with van der Waals surface area (Å²) in [5, 5.41) is 6.63. The number of H-pyrrole nitrogens is 1. The first-order valence-electron chi connectivity index (χ1n) is 4.64. The maximum atomic E-state index is 13.1. The molecule has 1 aromatic heterocycles. The van der Waals surface area contributed by atoms with E-state index in [2.05, 4.69) is 10.2 Å². The average Bonchev–Trinajstić information content (AvgIpc) is 2.70. The van der Waals surface area contributed by atoms with Crippen molar-refractivity contribution in [2.24, 2.45) is 0 Å². The van der Waals surface area contributed by atoms with Crippen LogP contribution in [0.1, 0.15) is 0 Å². The van der Waals surface area contributed by atoms with Crippen LogP contribution >= 0.6 is 0 Å². The van der Waals surface area contributed by atoms with Gasteiger partial charge in [0.05, 0.1) is 6.20 Å². The van der Waals surface area contributed by atoms with E-state index in [4.69, 9.17) is 0 Å². The van der Waals surface area contributed by atoms with E-state index < -0.39 is 0 Å². The highest BCUT2D eigenvalue weighted by Crippen LogP contribution is 2.29. The Hall–Kier alpha value is -1.84. The summed E-state index contributed by atoms with van der Waals surface area (Å²) >= 11 is 0. The van der Waals surface area contributed by atoms with Crippen LogP contribution in [-0.4, -0.2) is 24.3 Å². The highest BCUT2D eigenvalue weighted by molar-refractivity contribution is 5.77.